The highest BCUT2D eigenvalue weighted by Gasteiger charge is 2.30. The van der Waals surface area contributed by atoms with Gasteiger partial charge < -0.3 is 9.15 Å². The van der Waals surface area contributed by atoms with Gasteiger partial charge in [0.2, 0.25) is 11.8 Å². The van der Waals surface area contributed by atoms with E-state index < -0.39 is 0 Å². The zero-order valence-corrected chi connectivity index (χ0v) is 15.8. The van der Waals surface area contributed by atoms with Crippen molar-refractivity contribution in [1.29, 1.82) is 0 Å². The highest BCUT2D eigenvalue weighted by atomic mass is 35.5. The topological polar surface area (TPSA) is 78.9 Å². The standard InChI is InChI=1S/C17H18ClN5O2S/c1-2-15-20-21-16(25-15)10-26-17-22-19-14(23(17)11-7-8-11)9-24-13-6-4-3-5-12(13)18/h3-6,11H,2,7-10H2,1H3. The Morgan fingerprint density at radius 2 is 2.00 bits per heavy atom. The lowest BCUT2D eigenvalue weighted by Crippen LogP contribution is -2.07. The normalized spacial score (nSPS) is 13.9. The van der Waals surface area contributed by atoms with E-state index in [0.717, 1.165) is 30.2 Å². The van der Waals surface area contributed by atoms with Crippen molar-refractivity contribution in [3.63, 3.8) is 0 Å². The first-order valence-electron chi connectivity index (χ1n) is 8.49. The SMILES string of the molecule is CCc1nnc(CSc2nnc(COc3ccccc3Cl)n2C2CC2)o1. The van der Waals surface area contributed by atoms with Gasteiger partial charge in [-0.25, -0.2) is 0 Å². The van der Waals surface area contributed by atoms with Crippen LogP contribution in [0.5, 0.6) is 5.75 Å². The molecule has 9 heteroatoms. The summed E-state index contributed by atoms with van der Waals surface area (Å²) in [4.78, 5) is 0. The van der Waals surface area contributed by atoms with Gasteiger partial charge in [-0.1, -0.05) is 42.4 Å². The Labute approximate surface area is 160 Å². The molecule has 0 aliphatic heterocycles. The second-order valence-corrected chi connectivity index (χ2v) is 7.30. The van der Waals surface area contributed by atoms with E-state index >= 15 is 0 Å². The first-order chi connectivity index (χ1) is 12.7. The number of halogens is 1. The van der Waals surface area contributed by atoms with Crippen molar-refractivity contribution in [3.05, 3.63) is 46.9 Å². The minimum Gasteiger partial charge on any atom is -0.484 e. The van der Waals surface area contributed by atoms with Gasteiger partial charge in [-0.2, -0.15) is 0 Å². The molecule has 2 aromatic heterocycles. The minimum atomic E-state index is 0.328. The largest absolute Gasteiger partial charge is 0.484 e. The molecule has 0 amide bonds. The average molecular weight is 392 g/mol. The first kappa shape index (κ1) is 17.4. The Morgan fingerprint density at radius 3 is 2.73 bits per heavy atom. The highest BCUT2D eigenvalue weighted by molar-refractivity contribution is 7.98. The number of ether oxygens (including phenoxy) is 1. The van der Waals surface area contributed by atoms with Crippen molar-refractivity contribution < 1.29 is 9.15 Å². The predicted octanol–water partition coefficient (Wildman–Crippen LogP) is 4.08. The third-order valence-corrected chi connectivity index (χ3v) is 5.22. The Kier molecular flexibility index (Phi) is 5.12. The predicted molar refractivity (Wildman–Crippen MR) is 97.3 cm³/mol. The van der Waals surface area contributed by atoms with Gasteiger partial charge in [0.05, 0.1) is 10.8 Å². The summed E-state index contributed by atoms with van der Waals surface area (Å²) in [5.41, 5.74) is 0. The molecule has 1 saturated carbocycles. The number of thioether (sulfide) groups is 1. The molecule has 2 heterocycles. The van der Waals surface area contributed by atoms with E-state index in [9.17, 15) is 0 Å². The van der Waals surface area contributed by atoms with Crippen molar-refractivity contribution in [3.8, 4) is 5.75 Å². The molecule has 7 nitrogen and oxygen atoms in total. The molecule has 0 atom stereocenters. The lowest BCUT2D eigenvalue weighted by molar-refractivity contribution is 0.288. The molecule has 0 saturated heterocycles. The third kappa shape index (κ3) is 3.86. The number of nitrogens with zero attached hydrogens (tertiary/aromatic N) is 5. The van der Waals surface area contributed by atoms with Crippen LogP contribution in [-0.2, 0) is 18.8 Å². The van der Waals surface area contributed by atoms with Crippen LogP contribution in [0, 0.1) is 0 Å². The summed E-state index contributed by atoms with van der Waals surface area (Å²) in [6.07, 6.45) is 3.00. The van der Waals surface area contributed by atoms with E-state index in [4.69, 9.17) is 20.8 Å². The lowest BCUT2D eigenvalue weighted by atomic mass is 10.3. The summed E-state index contributed by atoms with van der Waals surface area (Å²) < 4.78 is 13.5. The van der Waals surface area contributed by atoms with E-state index in [1.165, 1.54) is 0 Å². The Morgan fingerprint density at radius 1 is 1.19 bits per heavy atom. The Bertz CT molecular complexity index is 893. The summed E-state index contributed by atoms with van der Waals surface area (Å²) >= 11 is 7.70. The first-order valence-corrected chi connectivity index (χ1v) is 9.86. The smallest absolute Gasteiger partial charge is 0.226 e. The van der Waals surface area contributed by atoms with Crippen LogP contribution < -0.4 is 4.74 Å². The zero-order valence-electron chi connectivity index (χ0n) is 14.3. The van der Waals surface area contributed by atoms with Gasteiger partial charge in [0.1, 0.15) is 12.4 Å². The van der Waals surface area contributed by atoms with Crippen LogP contribution in [0.3, 0.4) is 0 Å². The van der Waals surface area contributed by atoms with Crippen LogP contribution in [0.25, 0.3) is 0 Å². The number of aryl methyl sites for hydroxylation is 1. The number of aromatic nitrogens is 5. The molecule has 1 aromatic carbocycles. The van der Waals surface area contributed by atoms with Crippen LogP contribution in [0.1, 0.15) is 43.4 Å². The highest BCUT2D eigenvalue weighted by Crippen LogP contribution is 2.39. The van der Waals surface area contributed by atoms with Crippen molar-refractivity contribution in [2.75, 3.05) is 0 Å². The second kappa shape index (κ2) is 7.67. The third-order valence-electron chi connectivity index (χ3n) is 3.98. The van der Waals surface area contributed by atoms with Gasteiger partial charge in [-0.05, 0) is 25.0 Å². The molecular weight excluding hydrogens is 374 g/mol. The summed E-state index contributed by atoms with van der Waals surface area (Å²) in [7, 11) is 0. The molecular formula is C17H18ClN5O2S. The number of hydrogen-bond acceptors (Lipinski definition) is 7. The Balaban J connectivity index is 1.45. The molecule has 4 rings (SSSR count). The van der Waals surface area contributed by atoms with Gasteiger partial charge in [0.15, 0.2) is 11.0 Å². The lowest BCUT2D eigenvalue weighted by Gasteiger charge is -2.10. The molecule has 0 N–H and O–H groups in total. The average Bonchev–Trinajstić information content (AvgIpc) is 3.25. The zero-order chi connectivity index (χ0) is 17.9. The molecule has 0 unspecified atom stereocenters. The fourth-order valence-electron chi connectivity index (χ4n) is 2.52. The van der Waals surface area contributed by atoms with Crippen LogP contribution in [0.2, 0.25) is 5.02 Å². The quantitative estimate of drug-likeness (QED) is 0.535. The maximum Gasteiger partial charge on any atom is 0.226 e. The van der Waals surface area contributed by atoms with E-state index in [1.54, 1.807) is 17.8 Å². The van der Waals surface area contributed by atoms with Gasteiger partial charge >= 0.3 is 0 Å². The molecule has 1 aliphatic carbocycles. The fourth-order valence-corrected chi connectivity index (χ4v) is 3.58. The van der Waals surface area contributed by atoms with E-state index in [2.05, 4.69) is 25.0 Å². The van der Waals surface area contributed by atoms with Gasteiger partial charge in [0, 0.05) is 12.5 Å². The van der Waals surface area contributed by atoms with Crippen LogP contribution in [0.4, 0.5) is 0 Å². The van der Waals surface area contributed by atoms with Crippen LogP contribution in [0.15, 0.2) is 33.8 Å². The molecule has 0 spiro atoms. The van der Waals surface area contributed by atoms with Crippen molar-refractivity contribution in [2.45, 2.75) is 49.7 Å². The summed E-state index contributed by atoms with van der Waals surface area (Å²) in [5, 5.41) is 18.1. The van der Waals surface area contributed by atoms with Gasteiger partial charge in [-0.15, -0.1) is 20.4 Å². The molecule has 26 heavy (non-hydrogen) atoms. The maximum absolute atomic E-state index is 6.15. The molecule has 3 aromatic rings. The van der Waals surface area contributed by atoms with Gasteiger partial charge in [-0.3, -0.25) is 4.57 Å². The van der Waals surface area contributed by atoms with Crippen LogP contribution in [-0.4, -0.2) is 25.0 Å². The van der Waals surface area contributed by atoms with E-state index in [-0.39, 0.29) is 0 Å². The summed E-state index contributed by atoms with van der Waals surface area (Å²) in [6, 6.07) is 7.85. The number of benzene rings is 1. The molecule has 0 bridgehead atoms. The maximum atomic E-state index is 6.15. The fraction of sp³-hybridized carbons (Fsp3) is 0.412. The van der Waals surface area contributed by atoms with Crippen molar-refractivity contribution in [1.82, 2.24) is 25.0 Å². The van der Waals surface area contributed by atoms with Gasteiger partial charge in [0.25, 0.3) is 0 Å². The second-order valence-electron chi connectivity index (χ2n) is 5.95. The van der Waals surface area contributed by atoms with Crippen LogP contribution >= 0.6 is 23.4 Å². The Hall–Kier alpha value is -2.06. The van der Waals surface area contributed by atoms with E-state index in [1.807, 2.05) is 25.1 Å². The minimum absolute atomic E-state index is 0.328. The van der Waals surface area contributed by atoms with Crippen molar-refractivity contribution >= 4 is 23.4 Å². The number of para-hydroxylation sites is 1. The molecule has 1 aliphatic rings. The summed E-state index contributed by atoms with van der Waals surface area (Å²) in [6.45, 7) is 2.31. The molecule has 1 fully saturated rings. The number of rotatable bonds is 8. The number of hydrogen-bond donors (Lipinski definition) is 0. The van der Waals surface area contributed by atoms with Crippen molar-refractivity contribution in [2.24, 2.45) is 0 Å². The van der Waals surface area contributed by atoms with E-state index in [0.29, 0.717) is 41.0 Å². The summed E-state index contributed by atoms with van der Waals surface area (Å²) in [5.74, 6) is 3.27. The molecule has 0 radical (unpaired) electrons. The monoisotopic (exact) mass is 391 g/mol. The molecule has 136 valence electrons.